The van der Waals surface area contributed by atoms with Crippen LogP contribution in [0, 0.1) is 23.2 Å². The van der Waals surface area contributed by atoms with Crippen molar-refractivity contribution >= 4 is 5.78 Å². The summed E-state index contributed by atoms with van der Waals surface area (Å²) in [5, 5.41) is 9.98. The third-order valence-corrected chi connectivity index (χ3v) is 5.31. The molecule has 0 spiro atoms. The first-order chi connectivity index (χ1) is 6.95. The number of carbonyl (C=O) groups is 1. The zero-order valence-electron chi connectivity index (χ0n) is 9.99. The van der Waals surface area contributed by atoms with Crippen LogP contribution in [0.25, 0.3) is 0 Å². The molecule has 0 aliphatic heterocycles. The zero-order chi connectivity index (χ0) is 11.2. The molecule has 0 aromatic heterocycles. The summed E-state index contributed by atoms with van der Waals surface area (Å²) in [5.41, 5.74) is 0.284. The molecule has 2 nitrogen and oxygen atoms in total. The second-order valence-corrected chi connectivity index (χ2v) is 5.90. The molecular weight excluding hydrogens is 188 g/mol. The van der Waals surface area contributed by atoms with E-state index in [2.05, 4.69) is 20.8 Å². The smallest absolute Gasteiger partial charge is 0.133 e. The molecule has 1 unspecified atom stereocenters. The largest absolute Gasteiger partial charge is 0.393 e. The maximum absolute atomic E-state index is 11.5. The number of ketones is 1. The molecule has 0 amide bonds. The van der Waals surface area contributed by atoms with Crippen LogP contribution in [0.1, 0.15) is 46.5 Å². The Morgan fingerprint density at radius 3 is 2.73 bits per heavy atom. The first-order valence-corrected chi connectivity index (χ1v) is 6.15. The fraction of sp³-hybridized carbons (Fsp3) is 0.923. The van der Waals surface area contributed by atoms with Gasteiger partial charge in [-0.1, -0.05) is 20.8 Å². The van der Waals surface area contributed by atoms with Gasteiger partial charge in [-0.15, -0.1) is 0 Å². The van der Waals surface area contributed by atoms with Crippen molar-refractivity contribution < 1.29 is 9.90 Å². The summed E-state index contributed by atoms with van der Waals surface area (Å²) in [5.74, 6) is 1.71. The predicted octanol–water partition coefficient (Wildman–Crippen LogP) is 2.40. The molecule has 0 bridgehead atoms. The van der Waals surface area contributed by atoms with Crippen LogP contribution >= 0.6 is 0 Å². The van der Waals surface area contributed by atoms with Crippen LogP contribution in [0.4, 0.5) is 0 Å². The summed E-state index contributed by atoms with van der Waals surface area (Å²) in [6.45, 7) is 6.71. The molecule has 0 radical (unpaired) electrons. The molecule has 2 fully saturated rings. The van der Waals surface area contributed by atoms with E-state index >= 15 is 0 Å². The molecule has 2 saturated carbocycles. The van der Waals surface area contributed by atoms with E-state index in [1.807, 2.05) is 0 Å². The van der Waals surface area contributed by atoms with Gasteiger partial charge in [-0.25, -0.2) is 0 Å². The van der Waals surface area contributed by atoms with Crippen molar-refractivity contribution in [3.63, 3.8) is 0 Å². The van der Waals surface area contributed by atoms with Gasteiger partial charge in [0.1, 0.15) is 5.78 Å². The number of fused-ring (bicyclic) bond motifs is 1. The summed E-state index contributed by atoms with van der Waals surface area (Å²) in [4.78, 5) is 11.5. The van der Waals surface area contributed by atoms with Crippen LogP contribution in [0.3, 0.4) is 0 Å². The van der Waals surface area contributed by atoms with Crippen molar-refractivity contribution in [2.45, 2.75) is 52.6 Å². The van der Waals surface area contributed by atoms with Gasteiger partial charge in [0.2, 0.25) is 0 Å². The van der Waals surface area contributed by atoms with Gasteiger partial charge in [0.15, 0.2) is 0 Å². The highest BCUT2D eigenvalue weighted by molar-refractivity contribution is 5.79. The molecule has 0 saturated heterocycles. The number of carbonyl (C=O) groups excluding carboxylic acids is 1. The Kier molecular flexibility index (Phi) is 2.66. The Morgan fingerprint density at radius 1 is 1.40 bits per heavy atom. The summed E-state index contributed by atoms with van der Waals surface area (Å²) in [6.07, 6.45) is 3.09. The lowest BCUT2D eigenvalue weighted by atomic mass is 9.52. The Bertz CT molecular complexity index is 274. The maximum Gasteiger partial charge on any atom is 0.133 e. The molecule has 15 heavy (non-hydrogen) atoms. The normalized spacial score (nSPS) is 51.3. The van der Waals surface area contributed by atoms with Gasteiger partial charge < -0.3 is 5.11 Å². The van der Waals surface area contributed by atoms with E-state index in [-0.39, 0.29) is 11.5 Å². The van der Waals surface area contributed by atoms with Gasteiger partial charge in [-0.05, 0) is 36.0 Å². The van der Waals surface area contributed by atoms with Crippen LogP contribution in [0.2, 0.25) is 0 Å². The third-order valence-electron chi connectivity index (χ3n) is 5.31. The topological polar surface area (TPSA) is 37.3 Å². The summed E-state index contributed by atoms with van der Waals surface area (Å²) in [7, 11) is 0. The Labute approximate surface area is 92.1 Å². The van der Waals surface area contributed by atoms with E-state index in [9.17, 15) is 9.90 Å². The molecule has 0 heterocycles. The summed E-state index contributed by atoms with van der Waals surface area (Å²) < 4.78 is 0. The van der Waals surface area contributed by atoms with Gasteiger partial charge in [0, 0.05) is 12.8 Å². The molecule has 2 rings (SSSR count). The Balaban J connectivity index is 2.24. The maximum atomic E-state index is 11.5. The fourth-order valence-electron chi connectivity index (χ4n) is 3.61. The van der Waals surface area contributed by atoms with Crippen LogP contribution in [-0.2, 0) is 4.79 Å². The van der Waals surface area contributed by atoms with Gasteiger partial charge in [-0.3, -0.25) is 4.79 Å². The van der Waals surface area contributed by atoms with E-state index in [0.29, 0.717) is 30.0 Å². The molecule has 2 aliphatic carbocycles. The molecule has 2 aliphatic rings. The highest BCUT2D eigenvalue weighted by Gasteiger charge is 2.50. The minimum absolute atomic E-state index is 0.205. The minimum atomic E-state index is -0.205. The molecular formula is C13H22O2. The lowest BCUT2D eigenvalue weighted by Gasteiger charge is -2.53. The van der Waals surface area contributed by atoms with Crippen molar-refractivity contribution in [3.05, 3.63) is 0 Å². The SMILES string of the molecule is CC1[C@H](O)C[C@@H]2CC(=O)CC[C@]2(C)[C@H]1C. The third kappa shape index (κ3) is 1.63. The first kappa shape index (κ1) is 11.1. The molecule has 2 heteroatoms. The van der Waals surface area contributed by atoms with Crippen LogP contribution < -0.4 is 0 Å². The molecule has 0 aromatic carbocycles. The number of Topliss-reactive ketones (excluding diaryl/α,β-unsaturated/α-hetero) is 1. The summed E-state index contributed by atoms with van der Waals surface area (Å²) >= 11 is 0. The lowest BCUT2D eigenvalue weighted by Crippen LogP contribution is -2.50. The zero-order valence-corrected chi connectivity index (χ0v) is 9.99. The predicted molar refractivity (Wildman–Crippen MR) is 59.4 cm³/mol. The fourth-order valence-corrected chi connectivity index (χ4v) is 3.61. The Morgan fingerprint density at radius 2 is 2.07 bits per heavy atom. The van der Waals surface area contributed by atoms with Crippen molar-refractivity contribution in [2.75, 3.05) is 0 Å². The van der Waals surface area contributed by atoms with E-state index in [0.717, 1.165) is 19.3 Å². The van der Waals surface area contributed by atoms with E-state index < -0.39 is 0 Å². The highest BCUT2D eigenvalue weighted by atomic mass is 16.3. The lowest BCUT2D eigenvalue weighted by molar-refractivity contribution is -0.135. The number of aliphatic hydroxyl groups is 1. The van der Waals surface area contributed by atoms with E-state index in [4.69, 9.17) is 0 Å². The average molecular weight is 210 g/mol. The monoisotopic (exact) mass is 210 g/mol. The standard InChI is InChI=1S/C13H22O2/c1-8-9(2)13(3)5-4-11(14)6-10(13)7-12(8)15/h8-10,12,15H,4-7H2,1-3H3/t8?,9-,10-,12+,13+/m0/s1. The molecule has 5 atom stereocenters. The van der Waals surface area contributed by atoms with Crippen molar-refractivity contribution in [1.82, 2.24) is 0 Å². The van der Waals surface area contributed by atoms with E-state index in [1.165, 1.54) is 0 Å². The van der Waals surface area contributed by atoms with Crippen molar-refractivity contribution in [2.24, 2.45) is 23.2 Å². The average Bonchev–Trinajstić information content (AvgIpc) is 2.19. The number of hydrogen-bond acceptors (Lipinski definition) is 2. The molecule has 86 valence electrons. The number of rotatable bonds is 0. The number of hydrogen-bond donors (Lipinski definition) is 1. The first-order valence-electron chi connectivity index (χ1n) is 6.15. The Hall–Kier alpha value is -0.370. The van der Waals surface area contributed by atoms with Gasteiger partial charge >= 0.3 is 0 Å². The number of aliphatic hydroxyl groups excluding tert-OH is 1. The van der Waals surface area contributed by atoms with Gasteiger partial charge in [0.05, 0.1) is 6.10 Å². The highest BCUT2D eigenvalue weighted by Crippen LogP contribution is 2.54. The van der Waals surface area contributed by atoms with Crippen LogP contribution in [0.15, 0.2) is 0 Å². The van der Waals surface area contributed by atoms with Crippen LogP contribution in [-0.4, -0.2) is 17.0 Å². The molecule has 0 aromatic rings. The summed E-state index contributed by atoms with van der Waals surface area (Å²) in [6, 6.07) is 0. The molecule has 1 N–H and O–H groups in total. The second-order valence-electron chi connectivity index (χ2n) is 5.90. The van der Waals surface area contributed by atoms with Gasteiger partial charge in [0.25, 0.3) is 0 Å². The van der Waals surface area contributed by atoms with Crippen LogP contribution in [0.5, 0.6) is 0 Å². The second kappa shape index (κ2) is 3.58. The quantitative estimate of drug-likeness (QED) is 0.666. The van der Waals surface area contributed by atoms with Gasteiger partial charge in [-0.2, -0.15) is 0 Å². The van der Waals surface area contributed by atoms with Crippen molar-refractivity contribution in [1.29, 1.82) is 0 Å². The minimum Gasteiger partial charge on any atom is -0.393 e. The van der Waals surface area contributed by atoms with Crippen molar-refractivity contribution in [3.8, 4) is 0 Å². The van der Waals surface area contributed by atoms with E-state index in [1.54, 1.807) is 0 Å².